The van der Waals surface area contributed by atoms with Crippen LogP contribution in [-0.4, -0.2) is 23.0 Å². The molecule has 0 radical (unpaired) electrons. The Morgan fingerprint density at radius 3 is 2.46 bits per heavy atom. The van der Waals surface area contributed by atoms with Gasteiger partial charge in [-0.05, 0) is 32.0 Å². The quantitative estimate of drug-likeness (QED) is 0.361. The van der Waals surface area contributed by atoms with E-state index in [1.54, 1.807) is 19.9 Å². The Balaban J connectivity index is 2.54. The van der Waals surface area contributed by atoms with Crippen LogP contribution in [0, 0.1) is 10.1 Å². The summed E-state index contributed by atoms with van der Waals surface area (Å²) in [6.45, 7) is 3.45. The summed E-state index contributed by atoms with van der Waals surface area (Å²) in [5.74, 6) is -1.31. The molecule has 0 saturated carbocycles. The molecule has 2 rings (SSSR count). The summed E-state index contributed by atoms with van der Waals surface area (Å²) in [7, 11) is -4.18. The van der Waals surface area contributed by atoms with Crippen molar-refractivity contribution in [1.82, 2.24) is 0 Å². The van der Waals surface area contributed by atoms with Gasteiger partial charge in [-0.15, -0.1) is 0 Å². The molecule has 7 nitrogen and oxygen atoms in total. The first kappa shape index (κ1) is 20.6. The highest BCUT2D eigenvalue weighted by Gasteiger charge is 2.37. The third-order valence-corrected chi connectivity index (χ3v) is 6.12. The van der Waals surface area contributed by atoms with Crippen molar-refractivity contribution in [2.75, 3.05) is 13.2 Å². The summed E-state index contributed by atoms with van der Waals surface area (Å²) in [4.78, 5) is 22.4. The zero-order valence-corrected chi connectivity index (χ0v) is 16.1. The number of hydrogen-bond donors (Lipinski definition) is 1. The molecule has 9 heteroatoms. The molecule has 2 atom stereocenters. The van der Waals surface area contributed by atoms with Gasteiger partial charge in [0.15, 0.2) is 5.85 Å². The van der Waals surface area contributed by atoms with Crippen LogP contribution < -0.4 is 0 Å². The van der Waals surface area contributed by atoms with E-state index < -0.39 is 18.4 Å². The van der Waals surface area contributed by atoms with E-state index in [9.17, 15) is 19.6 Å². The third kappa shape index (κ3) is 5.16. The Labute approximate surface area is 156 Å². The van der Waals surface area contributed by atoms with Crippen LogP contribution in [0.25, 0.3) is 0 Å². The van der Waals surface area contributed by atoms with Crippen LogP contribution in [-0.2, 0) is 13.8 Å². The number of nitro groups is 1. The maximum Gasteiger partial charge on any atom is 0.361 e. The van der Waals surface area contributed by atoms with Gasteiger partial charge in [0, 0.05) is 34.1 Å². The summed E-state index contributed by atoms with van der Waals surface area (Å²) >= 11 is 1.33. The Bertz CT molecular complexity index is 801. The Kier molecular flexibility index (Phi) is 7.37. The van der Waals surface area contributed by atoms with Crippen LogP contribution in [0.3, 0.4) is 0 Å². The van der Waals surface area contributed by atoms with Gasteiger partial charge in [-0.1, -0.05) is 30.0 Å². The highest BCUT2D eigenvalue weighted by Crippen LogP contribution is 2.59. The number of nitro benzene ring substituents is 1. The van der Waals surface area contributed by atoms with Crippen molar-refractivity contribution < 1.29 is 23.6 Å². The molecule has 0 aliphatic heterocycles. The molecule has 0 saturated heterocycles. The van der Waals surface area contributed by atoms with E-state index in [-0.39, 0.29) is 24.5 Å². The highest BCUT2D eigenvalue weighted by atomic mass is 32.2. The van der Waals surface area contributed by atoms with Crippen molar-refractivity contribution in [3.63, 3.8) is 0 Å². The molecular formula is C17H20NO6PS. The van der Waals surface area contributed by atoms with Gasteiger partial charge in [-0.2, -0.15) is 0 Å². The van der Waals surface area contributed by atoms with Gasteiger partial charge < -0.3 is 14.2 Å². The first-order valence-corrected chi connectivity index (χ1v) is 10.4. The fraction of sp³-hybridized carbons (Fsp3) is 0.294. The molecule has 0 aliphatic carbocycles. The molecule has 0 aromatic heterocycles. The van der Waals surface area contributed by atoms with Crippen molar-refractivity contribution in [3.05, 3.63) is 64.2 Å². The zero-order valence-electron chi connectivity index (χ0n) is 14.4. The van der Waals surface area contributed by atoms with Crippen LogP contribution >= 0.6 is 19.4 Å². The predicted octanol–water partition coefficient (Wildman–Crippen LogP) is 5.00. The van der Waals surface area contributed by atoms with E-state index in [0.717, 1.165) is 4.90 Å². The minimum absolute atomic E-state index is 0.0213. The lowest BCUT2D eigenvalue weighted by molar-refractivity contribution is -0.385. The molecule has 2 aromatic rings. The average Bonchev–Trinajstić information content (AvgIpc) is 2.61. The van der Waals surface area contributed by atoms with Crippen molar-refractivity contribution in [3.8, 4) is 0 Å². The normalized spacial score (nSPS) is 14.6. The molecule has 1 N–H and O–H groups in total. The fourth-order valence-corrected chi connectivity index (χ4v) is 4.78. The summed E-state index contributed by atoms with van der Waals surface area (Å²) in [5, 5.41) is 11.2. The maximum atomic E-state index is 12.6. The molecular weight excluding hydrogens is 377 g/mol. The second kappa shape index (κ2) is 9.30. The molecule has 0 fully saturated rings. The fourth-order valence-electron chi connectivity index (χ4n) is 2.32. The lowest BCUT2D eigenvalue weighted by Gasteiger charge is -2.24. The van der Waals surface area contributed by atoms with Crippen molar-refractivity contribution in [2.24, 2.45) is 0 Å². The number of nitrogens with zero attached hydrogens (tertiary/aromatic N) is 1. The van der Waals surface area contributed by atoms with E-state index >= 15 is 0 Å². The molecule has 26 heavy (non-hydrogen) atoms. The summed E-state index contributed by atoms with van der Waals surface area (Å²) in [6, 6.07) is 13.6. The highest BCUT2D eigenvalue weighted by molar-refractivity contribution is 7.99. The van der Waals surface area contributed by atoms with Crippen LogP contribution in [0.15, 0.2) is 58.3 Å². The smallest absolute Gasteiger partial charge is 0.361 e. The molecule has 2 unspecified atom stereocenters. The predicted molar refractivity (Wildman–Crippen MR) is 99.5 cm³/mol. The molecule has 0 aliphatic rings. The molecule has 0 spiro atoms. The molecule has 140 valence electrons. The monoisotopic (exact) mass is 397 g/mol. The standard InChI is InChI=1S/C17H20NO6PS/c1-3-23-17(25(21,22)24-4-2)15-12-13(18(19)20)10-11-16(15)26-14-8-6-5-7-9-14/h5-12,17H,3-4H2,1-2H3,(H,21,22). The Morgan fingerprint density at radius 2 is 1.88 bits per heavy atom. The molecule has 2 aromatic carbocycles. The van der Waals surface area contributed by atoms with E-state index in [1.165, 1.54) is 23.9 Å². The first-order valence-electron chi connectivity index (χ1n) is 7.99. The topological polar surface area (TPSA) is 98.9 Å². The lowest BCUT2D eigenvalue weighted by atomic mass is 10.2. The van der Waals surface area contributed by atoms with Gasteiger partial charge in [0.05, 0.1) is 11.5 Å². The van der Waals surface area contributed by atoms with Crippen molar-refractivity contribution >= 4 is 25.0 Å². The van der Waals surface area contributed by atoms with E-state index in [1.807, 2.05) is 30.3 Å². The maximum absolute atomic E-state index is 12.6. The van der Waals surface area contributed by atoms with Crippen LogP contribution in [0.5, 0.6) is 0 Å². The van der Waals surface area contributed by atoms with Gasteiger partial charge >= 0.3 is 7.60 Å². The number of ether oxygens (including phenoxy) is 1. The van der Waals surface area contributed by atoms with Gasteiger partial charge in [-0.25, -0.2) is 0 Å². The SMILES string of the molecule is CCOC(c1cc([N+](=O)[O-])ccc1Sc1ccccc1)P(=O)(O)OCC. The number of benzene rings is 2. The summed E-state index contributed by atoms with van der Waals surface area (Å²) in [6.07, 6.45) is 0. The van der Waals surface area contributed by atoms with Crippen LogP contribution in [0.4, 0.5) is 5.69 Å². The Hall–Kier alpha value is -1.70. The van der Waals surface area contributed by atoms with Crippen molar-refractivity contribution in [2.45, 2.75) is 29.5 Å². The third-order valence-electron chi connectivity index (χ3n) is 3.38. The summed E-state index contributed by atoms with van der Waals surface area (Å²) in [5.41, 5.74) is 0.0767. The zero-order chi connectivity index (χ0) is 19.2. The second-order valence-corrected chi connectivity index (χ2v) is 8.15. The minimum Gasteiger partial charge on any atom is -0.361 e. The van der Waals surface area contributed by atoms with Crippen LogP contribution in [0.2, 0.25) is 0 Å². The van der Waals surface area contributed by atoms with Gasteiger partial charge in [0.25, 0.3) is 5.69 Å². The number of rotatable bonds is 9. The number of non-ortho nitro benzene ring substituents is 1. The average molecular weight is 397 g/mol. The minimum atomic E-state index is -4.18. The second-order valence-electron chi connectivity index (χ2n) is 5.18. The molecule has 0 bridgehead atoms. The lowest BCUT2D eigenvalue weighted by Crippen LogP contribution is -2.09. The van der Waals surface area contributed by atoms with Crippen LogP contribution in [0.1, 0.15) is 25.3 Å². The van der Waals surface area contributed by atoms with Gasteiger partial charge in [-0.3, -0.25) is 14.7 Å². The number of hydrogen-bond acceptors (Lipinski definition) is 6. The first-order chi connectivity index (χ1) is 12.4. The van der Waals surface area contributed by atoms with E-state index in [2.05, 4.69) is 0 Å². The molecule has 0 amide bonds. The van der Waals surface area contributed by atoms with Crippen molar-refractivity contribution in [1.29, 1.82) is 0 Å². The van der Waals surface area contributed by atoms with Gasteiger partial charge in [0.2, 0.25) is 0 Å². The van der Waals surface area contributed by atoms with E-state index in [4.69, 9.17) is 9.26 Å². The van der Waals surface area contributed by atoms with Gasteiger partial charge in [0.1, 0.15) is 0 Å². The summed E-state index contributed by atoms with van der Waals surface area (Å²) < 4.78 is 23.1. The Morgan fingerprint density at radius 1 is 1.19 bits per heavy atom. The van der Waals surface area contributed by atoms with E-state index in [0.29, 0.717) is 4.90 Å². The molecule has 0 heterocycles. The largest absolute Gasteiger partial charge is 0.361 e.